The average molecular weight is 267 g/mol. The summed E-state index contributed by atoms with van der Waals surface area (Å²) < 4.78 is 26.1. The van der Waals surface area contributed by atoms with Gasteiger partial charge in [0.1, 0.15) is 0 Å². The zero-order valence-corrected chi connectivity index (χ0v) is 10.4. The van der Waals surface area contributed by atoms with Gasteiger partial charge in [0.15, 0.2) is 10.8 Å². The van der Waals surface area contributed by atoms with E-state index in [1.165, 1.54) is 16.6 Å². The highest BCUT2D eigenvalue weighted by Crippen LogP contribution is 2.28. The van der Waals surface area contributed by atoms with E-state index in [-0.39, 0.29) is 29.4 Å². The van der Waals surface area contributed by atoms with Crippen molar-refractivity contribution in [3.63, 3.8) is 0 Å². The minimum absolute atomic E-state index is 0.00495. The molecular weight excluding hydrogens is 254 g/mol. The number of pyridine rings is 1. The summed E-state index contributed by atoms with van der Waals surface area (Å²) in [6, 6.07) is 4.14. The van der Waals surface area contributed by atoms with E-state index in [2.05, 4.69) is 10.3 Å². The van der Waals surface area contributed by atoms with Gasteiger partial charge in [-0.2, -0.15) is 4.31 Å². The van der Waals surface area contributed by atoms with E-state index in [4.69, 9.17) is 0 Å². The molecule has 1 aromatic rings. The van der Waals surface area contributed by atoms with Crippen molar-refractivity contribution in [3.8, 4) is 0 Å². The number of hydrogen-bond donors (Lipinski definition) is 1. The standard InChI is InChI=1S/C11H13N3O3S/c15-9-7-14(8-4-6-13-11(8)9)18(16,17)10-3-1-2-5-12-10/h1-3,5,8,11,13H,4,6-7H2. The van der Waals surface area contributed by atoms with Gasteiger partial charge < -0.3 is 5.32 Å². The first-order valence-electron chi connectivity index (χ1n) is 5.80. The van der Waals surface area contributed by atoms with Crippen molar-refractivity contribution < 1.29 is 13.2 Å². The molecule has 0 aliphatic carbocycles. The van der Waals surface area contributed by atoms with Crippen molar-refractivity contribution in [1.29, 1.82) is 0 Å². The van der Waals surface area contributed by atoms with Gasteiger partial charge in [-0.3, -0.25) is 4.79 Å². The zero-order valence-electron chi connectivity index (χ0n) is 9.61. The molecule has 0 bridgehead atoms. The summed E-state index contributed by atoms with van der Waals surface area (Å²) in [6.45, 7) is 0.622. The molecule has 3 rings (SSSR count). The fourth-order valence-electron chi connectivity index (χ4n) is 2.58. The summed E-state index contributed by atoms with van der Waals surface area (Å²) in [5.74, 6) is -0.0583. The molecule has 18 heavy (non-hydrogen) atoms. The Morgan fingerprint density at radius 3 is 2.94 bits per heavy atom. The Balaban J connectivity index is 1.98. The maximum absolute atomic E-state index is 12.4. The molecule has 0 aromatic carbocycles. The number of carbonyl (C=O) groups excluding carboxylic acids is 1. The monoisotopic (exact) mass is 267 g/mol. The zero-order chi connectivity index (χ0) is 12.8. The Labute approximate surface area is 105 Å². The van der Waals surface area contributed by atoms with Crippen LogP contribution >= 0.6 is 0 Å². The lowest BCUT2D eigenvalue weighted by Gasteiger charge is -2.20. The van der Waals surface area contributed by atoms with Gasteiger partial charge in [0.05, 0.1) is 12.6 Å². The Morgan fingerprint density at radius 1 is 1.39 bits per heavy atom. The van der Waals surface area contributed by atoms with Gasteiger partial charge in [-0.05, 0) is 25.1 Å². The highest BCUT2D eigenvalue weighted by molar-refractivity contribution is 7.89. The molecule has 2 aliphatic heterocycles. The fourth-order valence-corrected chi connectivity index (χ4v) is 4.15. The lowest BCUT2D eigenvalue weighted by atomic mass is 10.1. The number of hydrogen-bond acceptors (Lipinski definition) is 5. The summed E-state index contributed by atoms with van der Waals surface area (Å²) in [7, 11) is -3.66. The largest absolute Gasteiger partial charge is 0.306 e. The molecule has 0 radical (unpaired) electrons. The van der Waals surface area contributed by atoms with Crippen LogP contribution in [0, 0.1) is 0 Å². The van der Waals surface area contributed by atoms with Gasteiger partial charge in [-0.15, -0.1) is 0 Å². The van der Waals surface area contributed by atoms with Gasteiger partial charge in [-0.1, -0.05) is 6.07 Å². The van der Waals surface area contributed by atoms with E-state index in [0.717, 1.165) is 0 Å². The molecule has 6 nitrogen and oxygen atoms in total. The summed E-state index contributed by atoms with van der Waals surface area (Å²) >= 11 is 0. The maximum Gasteiger partial charge on any atom is 0.261 e. The Morgan fingerprint density at radius 2 is 2.22 bits per heavy atom. The topological polar surface area (TPSA) is 79.4 Å². The Bertz CT molecular complexity index is 572. The molecule has 0 amide bonds. The van der Waals surface area contributed by atoms with Crippen LogP contribution in [0.1, 0.15) is 6.42 Å². The number of fused-ring (bicyclic) bond motifs is 1. The van der Waals surface area contributed by atoms with Crippen LogP contribution in [0.25, 0.3) is 0 Å². The van der Waals surface area contributed by atoms with Gasteiger partial charge in [-0.25, -0.2) is 13.4 Å². The maximum atomic E-state index is 12.4. The van der Waals surface area contributed by atoms with E-state index in [1.807, 2.05) is 0 Å². The molecule has 2 saturated heterocycles. The SMILES string of the molecule is O=C1CN(S(=O)(=O)c2ccccn2)C2CCNC12. The van der Waals surface area contributed by atoms with Gasteiger partial charge in [0.25, 0.3) is 10.0 Å². The van der Waals surface area contributed by atoms with E-state index < -0.39 is 10.0 Å². The molecule has 2 atom stereocenters. The number of nitrogens with one attached hydrogen (secondary N) is 1. The van der Waals surface area contributed by atoms with Crippen LogP contribution in [0.5, 0.6) is 0 Å². The van der Waals surface area contributed by atoms with Crippen molar-refractivity contribution in [2.45, 2.75) is 23.5 Å². The Kier molecular flexibility index (Phi) is 2.69. The molecular formula is C11H13N3O3S. The molecule has 0 saturated carbocycles. The molecule has 3 heterocycles. The predicted molar refractivity (Wildman–Crippen MR) is 63.3 cm³/mol. The van der Waals surface area contributed by atoms with E-state index in [9.17, 15) is 13.2 Å². The minimum Gasteiger partial charge on any atom is -0.306 e. The lowest BCUT2D eigenvalue weighted by Crippen LogP contribution is -2.39. The first-order valence-corrected chi connectivity index (χ1v) is 7.24. The third kappa shape index (κ3) is 1.66. The van der Waals surface area contributed by atoms with Crippen LogP contribution in [0.4, 0.5) is 0 Å². The molecule has 2 fully saturated rings. The van der Waals surface area contributed by atoms with Gasteiger partial charge >= 0.3 is 0 Å². The van der Waals surface area contributed by atoms with Crippen molar-refractivity contribution in [2.24, 2.45) is 0 Å². The van der Waals surface area contributed by atoms with Crippen molar-refractivity contribution in [2.75, 3.05) is 13.1 Å². The summed E-state index contributed by atoms with van der Waals surface area (Å²) in [5, 5.41) is 3.05. The quantitative estimate of drug-likeness (QED) is 0.773. The average Bonchev–Trinajstić information content (AvgIpc) is 2.95. The smallest absolute Gasteiger partial charge is 0.261 e. The Hall–Kier alpha value is -1.31. The number of rotatable bonds is 2. The number of ketones is 1. The van der Waals surface area contributed by atoms with Crippen molar-refractivity contribution in [3.05, 3.63) is 24.4 Å². The van der Waals surface area contributed by atoms with E-state index in [1.54, 1.807) is 12.1 Å². The highest BCUT2D eigenvalue weighted by Gasteiger charge is 2.49. The van der Waals surface area contributed by atoms with Crippen LogP contribution < -0.4 is 5.32 Å². The van der Waals surface area contributed by atoms with Crippen LogP contribution in [0.15, 0.2) is 29.4 Å². The minimum atomic E-state index is -3.66. The number of carbonyl (C=O) groups is 1. The first-order chi connectivity index (χ1) is 8.60. The summed E-state index contributed by atoms with van der Waals surface area (Å²) in [5.41, 5.74) is 0. The normalized spacial score (nSPS) is 28.6. The van der Waals surface area contributed by atoms with E-state index in [0.29, 0.717) is 13.0 Å². The van der Waals surface area contributed by atoms with Crippen molar-refractivity contribution in [1.82, 2.24) is 14.6 Å². The van der Waals surface area contributed by atoms with Crippen LogP contribution in [0.3, 0.4) is 0 Å². The second kappa shape index (κ2) is 4.11. The third-order valence-corrected chi connectivity index (χ3v) is 5.22. The highest BCUT2D eigenvalue weighted by atomic mass is 32.2. The van der Waals surface area contributed by atoms with Crippen LogP contribution in [0.2, 0.25) is 0 Å². The molecule has 96 valence electrons. The molecule has 0 spiro atoms. The fraction of sp³-hybridized carbons (Fsp3) is 0.455. The molecule has 1 aromatic heterocycles. The van der Waals surface area contributed by atoms with E-state index >= 15 is 0 Å². The van der Waals surface area contributed by atoms with Crippen LogP contribution in [-0.4, -0.2) is 48.7 Å². The lowest BCUT2D eigenvalue weighted by molar-refractivity contribution is -0.118. The summed E-state index contributed by atoms with van der Waals surface area (Å²) in [6.07, 6.45) is 2.11. The molecule has 7 heteroatoms. The number of Topliss-reactive ketones (excluding diaryl/α,β-unsaturated/α-hetero) is 1. The third-order valence-electron chi connectivity index (χ3n) is 3.43. The van der Waals surface area contributed by atoms with Gasteiger partial charge in [0, 0.05) is 12.2 Å². The second-order valence-corrected chi connectivity index (χ2v) is 6.31. The number of nitrogens with zero attached hydrogens (tertiary/aromatic N) is 2. The molecule has 2 aliphatic rings. The van der Waals surface area contributed by atoms with Gasteiger partial charge in [0.2, 0.25) is 0 Å². The summed E-state index contributed by atoms with van der Waals surface area (Å²) in [4.78, 5) is 15.6. The number of sulfonamides is 1. The number of aromatic nitrogens is 1. The molecule has 2 unspecified atom stereocenters. The predicted octanol–water partition coefficient (Wildman–Crippen LogP) is -0.615. The molecule has 1 N–H and O–H groups in total. The van der Waals surface area contributed by atoms with Crippen molar-refractivity contribution >= 4 is 15.8 Å². The first kappa shape index (κ1) is 11.8. The second-order valence-electron chi connectivity index (χ2n) is 4.47. The van der Waals surface area contributed by atoms with Crippen LogP contribution in [-0.2, 0) is 14.8 Å².